The molecule has 34 heavy (non-hydrogen) atoms. The summed E-state index contributed by atoms with van der Waals surface area (Å²) in [5, 5.41) is 10.7. The van der Waals surface area contributed by atoms with Gasteiger partial charge in [0, 0.05) is 30.4 Å². The zero-order valence-corrected chi connectivity index (χ0v) is 18.3. The van der Waals surface area contributed by atoms with Gasteiger partial charge in [-0.2, -0.15) is 10.1 Å². The largest absolute Gasteiger partial charge is 0.492 e. The van der Waals surface area contributed by atoms with E-state index in [2.05, 4.69) is 25.7 Å². The van der Waals surface area contributed by atoms with Gasteiger partial charge >= 0.3 is 0 Å². The van der Waals surface area contributed by atoms with Crippen molar-refractivity contribution in [3.8, 4) is 22.9 Å². The lowest BCUT2D eigenvalue weighted by Crippen LogP contribution is -2.34. The van der Waals surface area contributed by atoms with E-state index in [9.17, 15) is 9.18 Å². The van der Waals surface area contributed by atoms with Crippen LogP contribution < -0.4 is 20.1 Å². The highest BCUT2D eigenvalue weighted by atomic mass is 19.1. The fraction of sp³-hybridized carbons (Fsp3) is 0.208. The molecule has 1 amide bonds. The molecule has 4 bridgehead atoms. The monoisotopic (exact) mass is 460 g/mol. The van der Waals surface area contributed by atoms with Gasteiger partial charge in [-0.1, -0.05) is 18.2 Å². The molecule has 0 fully saturated rings. The van der Waals surface area contributed by atoms with Crippen LogP contribution in [0.3, 0.4) is 0 Å². The lowest BCUT2D eigenvalue weighted by atomic mass is 9.93. The Morgan fingerprint density at radius 1 is 1.29 bits per heavy atom. The van der Waals surface area contributed by atoms with E-state index >= 15 is 0 Å². The van der Waals surface area contributed by atoms with Gasteiger partial charge in [0.05, 0.1) is 41.5 Å². The summed E-state index contributed by atoms with van der Waals surface area (Å²) >= 11 is 0. The van der Waals surface area contributed by atoms with E-state index < -0.39 is 5.82 Å². The van der Waals surface area contributed by atoms with Crippen molar-refractivity contribution in [1.82, 2.24) is 24.9 Å². The van der Waals surface area contributed by atoms with Crippen molar-refractivity contribution in [3.63, 3.8) is 0 Å². The number of hydrogen-bond acceptors (Lipinski definition) is 6. The number of rotatable bonds is 3. The predicted octanol–water partition coefficient (Wildman–Crippen LogP) is 3.78. The number of aromatic amines is 1. The minimum atomic E-state index is -0.507. The lowest BCUT2D eigenvalue weighted by Gasteiger charge is -2.23. The molecule has 6 rings (SSSR count). The fourth-order valence-electron chi connectivity index (χ4n) is 4.52. The van der Waals surface area contributed by atoms with Crippen molar-refractivity contribution in [1.29, 1.82) is 0 Å². The first-order valence-electron chi connectivity index (χ1n) is 10.9. The Morgan fingerprint density at radius 2 is 2.21 bits per heavy atom. The van der Waals surface area contributed by atoms with Gasteiger partial charge < -0.3 is 25.1 Å². The van der Waals surface area contributed by atoms with Crippen LogP contribution in [-0.4, -0.2) is 45.8 Å². The summed E-state index contributed by atoms with van der Waals surface area (Å²) in [7, 11) is 1.40. The highest BCUT2D eigenvalue weighted by Gasteiger charge is 2.33. The first-order valence-corrected chi connectivity index (χ1v) is 10.9. The smallest absolute Gasteiger partial charge is 0.255 e. The van der Waals surface area contributed by atoms with Crippen LogP contribution in [0.1, 0.15) is 28.4 Å². The summed E-state index contributed by atoms with van der Waals surface area (Å²) in [5.74, 6) is -0.172. The number of hydrogen-bond donors (Lipinski definition) is 3. The van der Waals surface area contributed by atoms with Crippen molar-refractivity contribution >= 4 is 22.9 Å². The van der Waals surface area contributed by atoms with Gasteiger partial charge in [-0.05, 0) is 18.6 Å². The molecule has 0 spiro atoms. The lowest BCUT2D eigenvalue weighted by molar-refractivity contribution is 0.0941. The maximum atomic E-state index is 14.4. The van der Waals surface area contributed by atoms with E-state index in [0.717, 1.165) is 5.69 Å². The maximum Gasteiger partial charge on any atom is 0.255 e. The van der Waals surface area contributed by atoms with Crippen LogP contribution in [0.25, 0.3) is 16.9 Å². The molecule has 2 aliphatic rings. The number of nitrogens with one attached hydrogen (secondary N) is 3. The Labute approximate surface area is 193 Å². The van der Waals surface area contributed by atoms with Crippen LogP contribution in [0.2, 0.25) is 0 Å². The Kier molecular flexibility index (Phi) is 4.72. The number of aromatic nitrogens is 4. The minimum absolute atomic E-state index is 0.0237. The van der Waals surface area contributed by atoms with E-state index in [-0.39, 0.29) is 17.6 Å². The molecule has 0 radical (unpaired) electrons. The molecule has 3 N–H and O–H groups in total. The van der Waals surface area contributed by atoms with Crippen LogP contribution in [0.15, 0.2) is 48.8 Å². The van der Waals surface area contributed by atoms with Crippen LogP contribution in [-0.2, 0) is 0 Å². The number of carbonyl (C=O) groups excluding carboxylic acids is 1. The second-order valence-electron chi connectivity index (χ2n) is 8.13. The summed E-state index contributed by atoms with van der Waals surface area (Å²) in [6, 6.07) is 6.35. The molecule has 0 saturated heterocycles. The van der Waals surface area contributed by atoms with E-state index in [1.165, 1.54) is 13.2 Å². The predicted molar refractivity (Wildman–Crippen MR) is 123 cm³/mol. The van der Waals surface area contributed by atoms with E-state index in [1.54, 1.807) is 35.1 Å². The highest BCUT2D eigenvalue weighted by molar-refractivity contribution is 6.07. The van der Waals surface area contributed by atoms with Crippen LogP contribution >= 0.6 is 0 Å². The zero-order valence-electron chi connectivity index (χ0n) is 18.3. The number of amides is 1. The zero-order chi connectivity index (χ0) is 23.2. The Morgan fingerprint density at radius 3 is 3.09 bits per heavy atom. The highest BCUT2D eigenvalue weighted by Crippen LogP contribution is 2.43. The van der Waals surface area contributed by atoms with Crippen molar-refractivity contribution < 1.29 is 18.7 Å². The van der Waals surface area contributed by atoms with Crippen LogP contribution in [0, 0.1) is 5.82 Å². The quantitative estimate of drug-likeness (QED) is 0.402. The molecule has 9 nitrogen and oxygen atoms in total. The number of halogens is 1. The number of nitrogens with zero attached hydrogens (tertiary/aromatic N) is 3. The topological polar surface area (TPSA) is 106 Å². The molecular weight excluding hydrogens is 439 g/mol. The second kappa shape index (κ2) is 7.91. The SMILES string of the molecule is COc1c(F)cccc1Nc1c2[nH]c3c1C(=O)NC[C@@H]3C/C=C\COc1ccn3ncc-2c3n1. The number of fused-ring (bicyclic) bond motifs is 3. The maximum absolute atomic E-state index is 14.4. The molecule has 1 atom stereocenters. The molecule has 1 aromatic carbocycles. The molecule has 10 heteroatoms. The molecule has 0 saturated carbocycles. The fourth-order valence-corrected chi connectivity index (χ4v) is 4.52. The number of anilines is 2. The Bertz CT molecular complexity index is 1460. The van der Waals surface area contributed by atoms with E-state index in [4.69, 9.17) is 9.47 Å². The number of ether oxygens (including phenoxy) is 2. The first kappa shape index (κ1) is 20.3. The minimum Gasteiger partial charge on any atom is -0.492 e. The molecule has 5 heterocycles. The molecule has 172 valence electrons. The van der Waals surface area contributed by atoms with Gasteiger partial charge in [-0.25, -0.2) is 8.91 Å². The third kappa shape index (κ3) is 3.18. The van der Waals surface area contributed by atoms with Gasteiger partial charge in [0.25, 0.3) is 5.91 Å². The normalized spacial score (nSPS) is 17.8. The van der Waals surface area contributed by atoms with Crippen molar-refractivity contribution in [2.45, 2.75) is 12.3 Å². The van der Waals surface area contributed by atoms with Crippen LogP contribution in [0.4, 0.5) is 15.8 Å². The number of benzene rings is 1. The third-order valence-electron chi connectivity index (χ3n) is 6.13. The van der Waals surface area contributed by atoms with Gasteiger partial charge in [0.1, 0.15) is 6.61 Å². The number of carbonyl (C=O) groups is 1. The van der Waals surface area contributed by atoms with E-state index in [0.29, 0.717) is 59.3 Å². The van der Waals surface area contributed by atoms with E-state index in [1.807, 2.05) is 12.2 Å². The third-order valence-corrected chi connectivity index (χ3v) is 6.13. The Balaban J connectivity index is 1.62. The molecule has 3 aromatic heterocycles. The molecule has 0 unspecified atom stereocenters. The van der Waals surface area contributed by atoms with Gasteiger partial charge in [0.2, 0.25) is 5.88 Å². The number of para-hydroxylation sites is 1. The molecule has 0 aliphatic carbocycles. The number of methoxy groups -OCH3 is 1. The summed E-state index contributed by atoms with van der Waals surface area (Å²) in [6.45, 7) is 0.884. The van der Waals surface area contributed by atoms with Gasteiger partial charge in [-0.15, -0.1) is 0 Å². The van der Waals surface area contributed by atoms with Gasteiger partial charge in [-0.3, -0.25) is 4.79 Å². The second-order valence-corrected chi connectivity index (χ2v) is 8.13. The molecule has 4 aromatic rings. The average molecular weight is 460 g/mol. The van der Waals surface area contributed by atoms with Gasteiger partial charge in [0.15, 0.2) is 17.2 Å². The van der Waals surface area contributed by atoms with Crippen molar-refractivity contribution in [2.24, 2.45) is 0 Å². The van der Waals surface area contributed by atoms with Crippen molar-refractivity contribution in [2.75, 3.05) is 25.6 Å². The van der Waals surface area contributed by atoms with Crippen molar-refractivity contribution in [3.05, 3.63) is 65.9 Å². The number of allylic oxidation sites excluding steroid dienone is 1. The molecule has 2 aliphatic heterocycles. The molecular formula is C24H21FN6O3. The summed E-state index contributed by atoms with van der Waals surface area (Å²) in [4.78, 5) is 21.2. The summed E-state index contributed by atoms with van der Waals surface area (Å²) < 4.78 is 27.2. The summed E-state index contributed by atoms with van der Waals surface area (Å²) in [5.41, 5.74) is 4.05. The van der Waals surface area contributed by atoms with Crippen LogP contribution in [0.5, 0.6) is 11.6 Å². The first-order chi connectivity index (χ1) is 16.6. The Hall–Kier alpha value is -4.34. The average Bonchev–Trinajstić information content (AvgIpc) is 3.42. The standard InChI is InChI=1S/C24H21FN6O3/c1-33-22-15(25)6-4-7-16(22)28-21-18-19-13(11-26-24(18)32)5-2-3-10-34-17-8-9-31-23(29-17)14(12-27-31)20(21)30-19/h2-4,6-9,12-13,28,30H,5,10-11H2,1H3,(H,26,32)/b3-2-/t13-/m0/s1. The summed E-state index contributed by atoms with van der Waals surface area (Å²) in [6.07, 6.45) is 8.13. The number of H-pyrrole nitrogens is 1.